The molecule has 2 atom stereocenters. The molecule has 0 aromatic carbocycles. The summed E-state index contributed by atoms with van der Waals surface area (Å²) in [6.45, 7) is 2.55. The minimum atomic E-state index is -0.369. The van der Waals surface area contributed by atoms with E-state index in [0.717, 1.165) is 18.5 Å². The van der Waals surface area contributed by atoms with Crippen LogP contribution in [-0.4, -0.2) is 62.2 Å². The van der Waals surface area contributed by atoms with Gasteiger partial charge in [-0.1, -0.05) is 0 Å². The molecule has 1 aliphatic heterocycles. The molecule has 2 amide bonds. The highest BCUT2D eigenvalue weighted by molar-refractivity contribution is 5.93. The number of nitrogens with zero attached hydrogens (tertiary/aromatic N) is 4. The maximum absolute atomic E-state index is 12.8. The minimum Gasteiger partial charge on any atom is -0.359 e. The Kier molecular flexibility index (Phi) is 3.78. The Morgan fingerprint density at radius 3 is 2.68 bits per heavy atom. The molecule has 0 bridgehead atoms. The molecule has 132 valence electrons. The molecule has 25 heavy (non-hydrogen) atoms. The van der Waals surface area contributed by atoms with Gasteiger partial charge in [0.05, 0.1) is 11.8 Å². The van der Waals surface area contributed by atoms with Crippen LogP contribution < -0.4 is 5.32 Å². The first kappa shape index (κ1) is 15.8. The zero-order chi connectivity index (χ0) is 17.6. The van der Waals surface area contributed by atoms with Crippen LogP contribution in [0.15, 0.2) is 6.07 Å². The summed E-state index contributed by atoms with van der Waals surface area (Å²) in [7, 11) is 1.60. The van der Waals surface area contributed by atoms with Gasteiger partial charge in [0.1, 0.15) is 11.5 Å². The van der Waals surface area contributed by atoms with Gasteiger partial charge in [-0.25, -0.2) is 4.98 Å². The number of aromatic nitrogens is 5. The normalized spacial score (nSPS) is 23.0. The number of H-pyrrole nitrogens is 2. The first-order chi connectivity index (χ1) is 12.1. The number of likely N-dealkylation sites (tertiary alicyclic amines) is 1. The Bertz CT molecular complexity index is 807. The third-order valence-electron chi connectivity index (χ3n) is 4.97. The van der Waals surface area contributed by atoms with Gasteiger partial charge in [-0.2, -0.15) is 10.2 Å². The lowest BCUT2D eigenvalue weighted by molar-refractivity contribution is -0.124. The van der Waals surface area contributed by atoms with E-state index in [1.54, 1.807) is 11.9 Å². The Labute approximate surface area is 144 Å². The third kappa shape index (κ3) is 2.90. The topological polar surface area (TPSA) is 120 Å². The van der Waals surface area contributed by atoms with Gasteiger partial charge in [-0.15, -0.1) is 0 Å². The molecule has 3 N–H and O–H groups in total. The summed E-state index contributed by atoms with van der Waals surface area (Å²) in [4.78, 5) is 31.1. The van der Waals surface area contributed by atoms with Crippen LogP contribution in [0.1, 0.15) is 52.5 Å². The van der Waals surface area contributed by atoms with Gasteiger partial charge in [0.15, 0.2) is 5.82 Å². The number of aromatic amines is 2. The molecule has 1 saturated heterocycles. The van der Waals surface area contributed by atoms with Crippen LogP contribution in [0.2, 0.25) is 0 Å². The SMILES string of the molecule is CNC(=O)[C@@H]1CN(C(=O)c2cc(C3CC3)[nH]n2)C[C@H]1c1n[nH]c(C)n1. The predicted octanol–water partition coefficient (Wildman–Crippen LogP) is 0.315. The van der Waals surface area contributed by atoms with Crippen LogP contribution in [0.3, 0.4) is 0 Å². The number of aryl methyl sites for hydroxylation is 1. The van der Waals surface area contributed by atoms with Crippen LogP contribution >= 0.6 is 0 Å². The second-order valence-corrected chi connectivity index (χ2v) is 6.80. The summed E-state index contributed by atoms with van der Waals surface area (Å²) >= 11 is 0. The Balaban J connectivity index is 1.55. The fraction of sp³-hybridized carbons (Fsp3) is 0.562. The summed E-state index contributed by atoms with van der Waals surface area (Å²) in [5, 5.41) is 16.8. The van der Waals surface area contributed by atoms with Crippen molar-refractivity contribution >= 4 is 11.8 Å². The van der Waals surface area contributed by atoms with E-state index >= 15 is 0 Å². The molecule has 2 aromatic heterocycles. The predicted molar refractivity (Wildman–Crippen MR) is 87.9 cm³/mol. The van der Waals surface area contributed by atoms with Crippen molar-refractivity contribution in [3.8, 4) is 0 Å². The lowest BCUT2D eigenvalue weighted by Gasteiger charge is -2.14. The molecule has 2 aromatic rings. The molecular weight excluding hydrogens is 322 g/mol. The van der Waals surface area contributed by atoms with Crippen molar-refractivity contribution in [3.05, 3.63) is 29.1 Å². The van der Waals surface area contributed by atoms with Crippen LogP contribution in [0, 0.1) is 12.8 Å². The van der Waals surface area contributed by atoms with Gasteiger partial charge in [0.2, 0.25) is 5.91 Å². The van der Waals surface area contributed by atoms with Crippen molar-refractivity contribution < 1.29 is 9.59 Å². The smallest absolute Gasteiger partial charge is 0.274 e. The number of rotatable bonds is 4. The number of nitrogens with one attached hydrogen (secondary N) is 3. The van der Waals surface area contributed by atoms with E-state index in [2.05, 4.69) is 30.7 Å². The molecule has 9 heteroatoms. The molecular formula is C16H21N7O2. The van der Waals surface area contributed by atoms with Gasteiger partial charge in [-0.3, -0.25) is 19.8 Å². The van der Waals surface area contributed by atoms with Crippen molar-refractivity contribution in [2.75, 3.05) is 20.1 Å². The van der Waals surface area contributed by atoms with Gasteiger partial charge in [0, 0.05) is 31.7 Å². The summed E-state index contributed by atoms with van der Waals surface area (Å²) in [6.07, 6.45) is 2.29. The van der Waals surface area contributed by atoms with Gasteiger partial charge < -0.3 is 10.2 Å². The molecule has 1 saturated carbocycles. The molecule has 0 spiro atoms. The number of carbonyl (C=O) groups is 2. The van der Waals surface area contributed by atoms with Crippen molar-refractivity contribution in [1.82, 2.24) is 35.6 Å². The standard InChI is InChI=1S/C16H21N7O2/c1-8-18-14(22-19-8)10-6-23(7-11(10)15(24)17-2)16(25)13-5-12(20-21-13)9-3-4-9/h5,9-11H,3-4,6-7H2,1-2H3,(H,17,24)(H,20,21)(H,18,19,22)/t10-,11-/m1/s1. The first-order valence-electron chi connectivity index (χ1n) is 8.52. The number of amides is 2. The third-order valence-corrected chi connectivity index (χ3v) is 4.97. The summed E-state index contributed by atoms with van der Waals surface area (Å²) < 4.78 is 0. The lowest BCUT2D eigenvalue weighted by Crippen LogP contribution is -2.34. The molecule has 9 nitrogen and oxygen atoms in total. The lowest BCUT2D eigenvalue weighted by atomic mass is 9.94. The molecule has 0 unspecified atom stereocenters. The first-order valence-corrected chi connectivity index (χ1v) is 8.52. The van der Waals surface area contributed by atoms with Crippen molar-refractivity contribution in [2.24, 2.45) is 5.92 Å². The molecule has 1 aliphatic carbocycles. The quantitative estimate of drug-likeness (QED) is 0.738. The minimum absolute atomic E-state index is 0.108. The van der Waals surface area contributed by atoms with E-state index in [1.807, 2.05) is 13.0 Å². The molecule has 0 radical (unpaired) electrons. The second-order valence-electron chi connectivity index (χ2n) is 6.80. The summed E-state index contributed by atoms with van der Waals surface area (Å²) in [5.41, 5.74) is 1.43. The fourth-order valence-corrected chi connectivity index (χ4v) is 3.42. The van der Waals surface area contributed by atoms with Crippen LogP contribution in [0.4, 0.5) is 0 Å². The van der Waals surface area contributed by atoms with Gasteiger partial charge >= 0.3 is 0 Å². The average molecular weight is 343 g/mol. The molecule has 3 heterocycles. The number of hydrogen-bond acceptors (Lipinski definition) is 5. The fourth-order valence-electron chi connectivity index (χ4n) is 3.42. The summed E-state index contributed by atoms with van der Waals surface area (Å²) in [6, 6.07) is 1.83. The van der Waals surface area contributed by atoms with Crippen LogP contribution in [-0.2, 0) is 4.79 Å². The molecule has 2 aliphatic rings. The van der Waals surface area contributed by atoms with E-state index in [-0.39, 0.29) is 23.7 Å². The van der Waals surface area contributed by atoms with Crippen molar-refractivity contribution in [3.63, 3.8) is 0 Å². The van der Waals surface area contributed by atoms with Gasteiger partial charge in [0.25, 0.3) is 5.91 Å². The van der Waals surface area contributed by atoms with E-state index < -0.39 is 0 Å². The summed E-state index contributed by atoms with van der Waals surface area (Å²) in [5.74, 6) is 0.908. The highest BCUT2D eigenvalue weighted by atomic mass is 16.2. The van der Waals surface area contributed by atoms with Crippen molar-refractivity contribution in [2.45, 2.75) is 31.6 Å². The highest BCUT2D eigenvalue weighted by Crippen LogP contribution is 2.39. The second kappa shape index (κ2) is 5.98. The Hall–Kier alpha value is -2.71. The van der Waals surface area contributed by atoms with E-state index in [4.69, 9.17) is 0 Å². The average Bonchev–Trinajstić information content (AvgIpc) is 3.04. The molecule has 2 fully saturated rings. The highest BCUT2D eigenvalue weighted by Gasteiger charge is 2.42. The van der Waals surface area contributed by atoms with Crippen LogP contribution in [0.25, 0.3) is 0 Å². The zero-order valence-corrected chi connectivity index (χ0v) is 14.2. The van der Waals surface area contributed by atoms with E-state index in [0.29, 0.717) is 36.4 Å². The largest absolute Gasteiger partial charge is 0.359 e. The maximum Gasteiger partial charge on any atom is 0.274 e. The van der Waals surface area contributed by atoms with E-state index in [1.165, 1.54) is 0 Å². The molecule has 4 rings (SSSR count). The Morgan fingerprint density at radius 1 is 1.24 bits per heavy atom. The Morgan fingerprint density at radius 2 is 2.04 bits per heavy atom. The van der Waals surface area contributed by atoms with Gasteiger partial charge in [-0.05, 0) is 25.8 Å². The number of carbonyl (C=O) groups excluding carboxylic acids is 2. The van der Waals surface area contributed by atoms with Crippen LogP contribution in [0.5, 0.6) is 0 Å². The maximum atomic E-state index is 12.8. The van der Waals surface area contributed by atoms with Crippen molar-refractivity contribution in [1.29, 1.82) is 0 Å². The number of hydrogen-bond donors (Lipinski definition) is 3. The zero-order valence-electron chi connectivity index (χ0n) is 14.2. The van der Waals surface area contributed by atoms with E-state index in [9.17, 15) is 9.59 Å². The monoisotopic (exact) mass is 343 g/mol.